The van der Waals surface area contributed by atoms with Crippen LogP contribution in [0.1, 0.15) is 38.2 Å². The van der Waals surface area contributed by atoms with Crippen molar-refractivity contribution in [1.82, 2.24) is 25.6 Å². The van der Waals surface area contributed by atoms with Crippen molar-refractivity contribution in [3.8, 4) is 0 Å². The van der Waals surface area contributed by atoms with Gasteiger partial charge in [-0.3, -0.25) is 14.9 Å². The Morgan fingerprint density at radius 1 is 1.16 bits per heavy atom. The zero-order valence-electron chi connectivity index (χ0n) is 24.4. The van der Waals surface area contributed by atoms with E-state index in [0.717, 1.165) is 47.9 Å². The van der Waals surface area contributed by atoms with E-state index in [4.69, 9.17) is 27.8 Å². The molecule has 2 amide bonds. The lowest BCUT2D eigenvalue weighted by Crippen LogP contribution is -2.52. The molecule has 1 aromatic carbocycles. The molecule has 0 saturated carbocycles. The highest BCUT2D eigenvalue weighted by Gasteiger charge is 2.49. The number of nitrogens with one attached hydrogen (secondary N) is 3. The first kappa shape index (κ1) is 30.4. The van der Waals surface area contributed by atoms with E-state index in [2.05, 4.69) is 48.8 Å². The molecule has 3 atom stereocenters. The predicted molar refractivity (Wildman–Crippen MR) is 170 cm³/mol. The fourth-order valence-electron chi connectivity index (χ4n) is 6.29. The van der Waals surface area contributed by atoms with Crippen LogP contribution in [0.25, 0.3) is 0 Å². The number of carbonyl (C=O) groups is 2. The average molecular weight is 638 g/mol. The zero-order valence-corrected chi connectivity index (χ0v) is 26.0. The van der Waals surface area contributed by atoms with Gasteiger partial charge >= 0.3 is 0 Å². The second-order valence-corrected chi connectivity index (χ2v) is 13.0. The number of anilines is 4. The van der Waals surface area contributed by atoms with Gasteiger partial charge in [-0.05, 0) is 43.9 Å². The number of benzene rings is 1. The smallest absolute Gasteiger partial charge is 0.249 e. The van der Waals surface area contributed by atoms with Gasteiger partial charge in [0.15, 0.2) is 5.82 Å². The molecule has 232 valence electrons. The Labute approximate surface area is 265 Å². The predicted octanol–water partition coefficient (Wildman–Crippen LogP) is 3.22. The maximum Gasteiger partial charge on any atom is 0.249 e. The van der Waals surface area contributed by atoms with E-state index >= 15 is 0 Å². The minimum Gasteiger partial charge on any atom is -0.382 e. The lowest BCUT2D eigenvalue weighted by atomic mass is 9.73. The van der Waals surface area contributed by atoms with Gasteiger partial charge in [-0.25, -0.2) is 15.0 Å². The van der Waals surface area contributed by atoms with Gasteiger partial charge in [0.25, 0.3) is 0 Å². The van der Waals surface area contributed by atoms with Crippen molar-refractivity contribution >= 4 is 58.3 Å². The number of nitrogens with zero attached hydrogens (tertiary/aromatic N) is 4. The number of hydrogen-bond donors (Lipinski definition) is 5. The summed E-state index contributed by atoms with van der Waals surface area (Å²) in [5.74, 6) is 0.829. The molecule has 44 heavy (non-hydrogen) atoms. The first-order valence-electron chi connectivity index (χ1n) is 14.7. The minimum absolute atomic E-state index is 0.0191. The molecule has 3 saturated heterocycles. The number of aromatic nitrogens is 3. The number of nitrogen functional groups attached to an aromatic ring is 2. The molecule has 0 aliphatic carbocycles. The van der Waals surface area contributed by atoms with E-state index in [1.807, 2.05) is 18.2 Å². The summed E-state index contributed by atoms with van der Waals surface area (Å²) in [5, 5.41) is 10.5. The summed E-state index contributed by atoms with van der Waals surface area (Å²) >= 11 is 7.60. The molecule has 3 aromatic rings. The topological polar surface area (TPSA) is 173 Å². The fourth-order valence-corrected chi connectivity index (χ4v) is 7.31. The second kappa shape index (κ2) is 12.8. The summed E-state index contributed by atoms with van der Waals surface area (Å²) in [7, 11) is 0. The Kier molecular flexibility index (Phi) is 8.81. The van der Waals surface area contributed by atoms with Crippen LogP contribution in [0, 0.1) is 5.41 Å². The lowest BCUT2D eigenvalue weighted by molar-refractivity contribution is -0.133. The molecule has 12 nitrogen and oxygen atoms in total. The first-order chi connectivity index (χ1) is 21.2. The summed E-state index contributed by atoms with van der Waals surface area (Å²) in [6.45, 7) is 5.03. The number of halogens is 1. The first-order valence-corrected chi connectivity index (χ1v) is 15.9. The SMILES string of the molecule is C[C@@H]1OCC2(CCN(c3cnc(Sc4ccnc(N)c4Cl)c(N)n3)CC2)[C@@H]1NCc1ccccc1NC1CCC(=O)NC1=O. The number of hydrogen-bond acceptors (Lipinski definition) is 12. The van der Waals surface area contributed by atoms with Gasteiger partial charge in [0.05, 0.1) is 23.9 Å². The summed E-state index contributed by atoms with van der Waals surface area (Å²) in [4.78, 5) is 40.1. The molecular formula is C30H36ClN9O3S. The van der Waals surface area contributed by atoms with Crippen molar-refractivity contribution in [2.24, 2.45) is 5.41 Å². The molecule has 0 radical (unpaired) electrons. The number of imide groups is 1. The molecule has 6 rings (SSSR count). The number of piperidine rings is 2. The number of amides is 2. The molecular weight excluding hydrogens is 602 g/mol. The van der Waals surface area contributed by atoms with Crippen LogP contribution < -0.4 is 32.3 Å². The van der Waals surface area contributed by atoms with Crippen LogP contribution in [0.5, 0.6) is 0 Å². The Bertz CT molecular complexity index is 1550. The lowest BCUT2D eigenvalue weighted by Gasteiger charge is -2.43. The zero-order chi connectivity index (χ0) is 30.8. The molecule has 0 bridgehead atoms. The molecule has 3 aliphatic rings. The van der Waals surface area contributed by atoms with Crippen molar-refractivity contribution in [3.63, 3.8) is 0 Å². The Morgan fingerprint density at radius 2 is 1.95 bits per heavy atom. The van der Waals surface area contributed by atoms with Gasteiger partial charge in [0.2, 0.25) is 11.8 Å². The number of rotatable bonds is 8. The highest BCUT2D eigenvalue weighted by Crippen LogP contribution is 2.43. The standard InChI is InChI=1S/C30H36ClN9O3S/c1-17-25(35-14-18-4-2-3-5-19(18)37-20-6-7-23(41)39-28(20)42)30(16-43-17)9-12-40(13-10-30)22-15-36-29(27(33)38-22)44-21-8-11-34-26(32)24(21)31/h2-5,8,11,15,17,20,25,35,37H,6-7,9-10,12-14,16H2,1H3,(H2,32,34)(H2,33,38)(H,39,41,42)/t17-,20?,25+/m0/s1. The number of carbonyl (C=O) groups excluding carboxylic acids is 2. The van der Waals surface area contributed by atoms with E-state index in [0.29, 0.717) is 41.9 Å². The Balaban J connectivity index is 1.09. The van der Waals surface area contributed by atoms with E-state index in [-0.39, 0.29) is 35.2 Å². The third-order valence-corrected chi connectivity index (χ3v) is 10.4. The van der Waals surface area contributed by atoms with Gasteiger partial charge in [0, 0.05) is 54.3 Å². The van der Waals surface area contributed by atoms with Crippen LogP contribution in [0.3, 0.4) is 0 Å². The normalized spacial score (nSPS) is 23.1. The third kappa shape index (κ3) is 6.27. The molecule has 3 fully saturated rings. The number of nitrogens with two attached hydrogens (primary N) is 2. The van der Waals surface area contributed by atoms with Gasteiger partial charge in [0.1, 0.15) is 22.7 Å². The molecule has 5 heterocycles. The van der Waals surface area contributed by atoms with Crippen LogP contribution in [0.2, 0.25) is 5.02 Å². The van der Waals surface area contributed by atoms with Gasteiger partial charge in [-0.15, -0.1) is 0 Å². The number of pyridine rings is 1. The Morgan fingerprint density at radius 3 is 2.73 bits per heavy atom. The fraction of sp³-hybridized carbons (Fsp3) is 0.433. The largest absolute Gasteiger partial charge is 0.382 e. The summed E-state index contributed by atoms with van der Waals surface area (Å²) in [6.07, 6.45) is 6.06. The highest BCUT2D eigenvalue weighted by molar-refractivity contribution is 7.99. The van der Waals surface area contributed by atoms with E-state index in [9.17, 15) is 9.59 Å². The molecule has 2 aromatic heterocycles. The van der Waals surface area contributed by atoms with Gasteiger partial charge < -0.3 is 31.7 Å². The highest BCUT2D eigenvalue weighted by atomic mass is 35.5. The maximum absolute atomic E-state index is 12.3. The molecule has 1 spiro atoms. The molecule has 3 aliphatic heterocycles. The molecule has 7 N–H and O–H groups in total. The second-order valence-electron chi connectivity index (χ2n) is 11.6. The molecule has 1 unspecified atom stereocenters. The molecule has 14 heteroatoms. The third-order valence-electron chi connectivity index (χ3n) is 8.78. The summed E-state index contributed by atoms with van der Waals surface area (Å²) in [6, 6.07) is 9.45. The number of para-hydroxylation sites is 1. The maximum atomic E-state index is 12.3. The van der Waals surface area contributed by atoms with E-state index < -0.39 is 6.04 Å². The van der Waals surface area contributed by atoms with Crippen LogP contribution in [-0.4, -0.2) is 64.7 Å². The summed E-state index contributed by atoms with van der Waals surface area (Å²) < 4.78 is 6.22. The Hall–Kier alpha value is -3.65. The average Bonchev–Trinajstić information content (AvgIpc) is 3.31. The van der Waals surface area contributed by atoms with E-state index in [1.165, 1.54) is 11.8 Å². The van der Waals surface area contributed by atoms with Crippen LogP contribution >= 0.6 is 23.4 Å². The van der Waals surface area contributed by atoms with Crippen molar-refractivity contribution in [1.29, 1.82) is 0 Å². The van der Waals surface area contributed by atoms with E-state index in [1.54, 1.807) is 18.5 Å². The monoisotopic (exact) mass is 637 g/mol. The van der Waals surface area contributed by atoms with Gasteiger partial charge in [-0.1, -0.05) is 41.6 Å². The van der Waals surface area contributed by atoms with Crippen LogP contribution in [0.15, 0.2) is 52.6 Å². The van der Waals surface area contributed by atoms with Crippen LogP contribution in [-0.2, 0) is 20.9 Å². The van der Waals surface area contributed by atoms with Crippen molar-refractivity contribution in [2.45, 2.75) is 67.3 Å². The van der Waals surface area contributed by atoms with Crippen molar-refractivity contribution < 1.29 is 14.3 Å². The van der Waals surface area contributed by atoms with Crippen LogP contribution in [0.4, 0.5) is 23.1 Å². The quantitative estimate of drug-likeness (QED) is 0.229. The number of ether oxygens (including phenoxy) is 1. The summed E-state index contributed by atoms with van der Waals surface area (Å²) in [5.41, 5.74) is 14.1. The van der Waals surface area contributed by atoms with Crippen molar-refractivity contribution in [3.05, 3.63) is 53.3 Å². The van der Waals surface area contributed by atoms with Gasteiger partial charge in [-0.2, -0.15) is 0 Å². The minimum atomic E-state index is -0.435. The van der Waals surface area contributed by atoms with Crippen molar-refractivity contribution in [2.75, 3.05) is 41.4 Å².